The molecular weight excluding hydrogens is 553 g/mol. The summed E-state index contributed by atoms with van der Waals surface area (Å²) in [6.45, 7) is 4.78. The number of ether oxygens (including phenoxy) is 2. The molecule has 2 N–H and O–H groups in total. The maximum Gasteiger partial charge on any atom is 0.410 e. The van der Waals surface area contributed by atoms with E-state index in [1.165, 1.54) is 19.3 Å². The van der Waals surface area contributed by atoms with Crippen molar-refractivity contribution in [3.05, 3.63) is 50.9 Å². The Morgan fingerprint density at radius 2 is 1.95 bits per heavy atom. The lowest BCUT2D eigenvalue weighted by molar-refractivity contribution is -0.174. The highest BCUT2D eigenvalue weighted by molar-refractivity contribution is 7.18. The van der Waals surface area contributed by atoms with Crippen molar-refractivity contribution in [2.75, 3.05) is 23.8 Å². The molecule has 0 fully saturated rings. The maximum absolute atomic E-state index is 14.0. The van der Waals surface area contributed by atoms with E-state index in [1.807, 2.05) is 0 Å². The van der Waals surface area contributed by atoms with Gasteiger partial charge in [-0.15, -0.1) is 11.3 Å². The maximum atomic E-state index is 14.0. The highest BCUT2D eigenvalue weighted by Crippen LogP contribution is 2.46. The summed E-state index contributed by atoms with van der Waals surface area (Å²) in [6, 6.07) is 0.0930. The second-order valence-electron chi connectivity index (χ2n) is 8.12. The van der Waals surface area contributed by atoms with Gasteiger partial charge in [-0.2, -0.15) is 18.3 Å². The van der Waals surface area contributed by atoms with Crippen LogP contribution in [0.4, 0.5) is 24.0 Å². The number of alkyl halides is 3. The minimum Gasteiger partial charge on any atom is -0.467 e. The van der Waals surface area contributed by atoms with E-state index in [2.05, 4.69) is 15.7 Å². The molecule has 1 aliphatic rings. The fraction of sp³-hybridized carbons (Fsp3) is 0.391. The zero-order chi connectivity index (χ0) is 27.8. The minimum atomic E-state index is -4.71. The van der Waals surface area contributed by atoms with Gasteiger partial charge in [0.2, 0.25) is 0 Å². The van der Waals surface area contributed by atoms with Crippen LogP contribution >= 0.6 is 22.9 Å². The van der Waals surface area contributed by atoms with Gasteiger partial charge >= 0.3 is 18.1 Å². The zero-order valence-electron chi connectivity index (χ0n) is 20.3. The van der Waals surface area contributed by atoms with Gasteiger partial charge < -0.3 is 24.5 Å². The third kappa shape index (κ3) is 5.10. The van der Waals surface area contributed by atoms with Crippen LogP contribution in [0, 0.1) is 6.92 Å². The fourth-order valence-corrected chi connectivity index (χ4v) is 5.36. The molecular formula is C23H22ClF3N4O6S. The van der Waals surface area contributed by atoms with Crippen LogP contribution in [0.1, 0.15) is 74.2 Å². The second-order valence-corrected chi connectivity index (χ2v) is 9.52. The Labute approximate surface area is 223 Å². The summed E-state index contributed by atoms with van der Waals surface area (Å²) in [5.74, 6) is -2.46. The molecule has 15 heteroatoms. The largest absolute Gasteiger partial charge is 0.467 e. The molecule has 0 unspecified atom stereocenters. The number of anilines is 2. The Morgan fingerprint density at radius 3 is 2.55 bits per heavy atom. The molecule has 0 aromatic carbocycles. The van der Waals surface area contributed by atoms with Gasteiger partial charge in [0.05, 0.1) is 31.1 Å². The van der Waals surface area contributed by atoms with Crippen molar-refractivity contribution in [3.63, 3.8) is 0 Å². The number of esters is 2. The van der Waals surface area contributed by atoms with Gasteiger partial charge in [0, 0.05) is 6.42 Å². The number of halogens is 4. The molecule has 1 aliphatic heterocycles. The Hall–Kier alpha value is -3.52. The number of thiophene rings is 1. The van der Waals surface area contributed by atoms with Crippen molar-refractivity contribution in [2.45, 2.75) is 45.5 Å². The third-order valence-electron chi connectivity index (χ3n) is 5.71. The van der Waals surface area contributed by atoms with Gasteiger partial charge in [0.1, 0.15) is 26.5 Å². The summed E-state index contributed by atoms with van der Waals surface area (Å²) < 4.78 is 57.9. The molecule has 2 atom stereocenters. The standard InChI is InChI=1S/C23H22ClF3N4O6S/c1-4-35-21(33)14-10(3)17(22(34)36-5-2)38-20(14)29-19(32)16-15(24)18-28-11(12-7-6-8-37-12)9-13(23(25,26)27)31(18)30-16/h6-8,11,13,28H,4-5,9H2,1-3H3,(H,29,32)/t11-,13+/m1/s1. The molecule has 10 nitrogen and oxygen atoms in total. The van der Waals surface area contributed by atoms with E-state index in [-0.39, 0.29) is 50.8 Å². The van der Waals surface area contributed by atoms with E-state index in [9.17, 15) is 27.6 Å². The van der Waals surface area contributed by atoms with Crippen LogP contribution in [0.15, 0.2) is 22.8 Å². The number of fused-ring (bicyclic) bond motifs is 1. The van der Waals surface area contributed by atoms with Crippen molar-refractivity contribution in [2.24, 2.45) is 0 Å². The zero-order valence-corrected chi connectivity index (χ0v) is 21.8. The van der Waals surface area contributed by atoms with Gasteiger partial charge in [0.25, 0.3) is 5.91 Å². The Bertz CT molecular complexity index is 1370. The number of nitrogens with zero attached hydrogens (tertiary/aromatic N) is 2. The van der Waals surface area contributed by atoms with Gasteiger partial charge in [-0.05, 0) is 38.5 Å². The molecule has 3 aromatic rings. The van der Waals surface area contributed by atoms with Crippen LogP contribution in [0.5, 0.6) is 0 Å². The first-order valence-corrected chi connectivity index (χ1v) is 12.6. The van der Waals surface area contributed by atoms with Crippen LogP contribution in [0.2, 0.25) is 5.02 Å². The summed E-state index contributed by atoms with van der Waals surface area (Å²) in [7, 11) is 0. The number of aromatic nitrogens is 2. The molecule has 4 rings (SSSR count). The number of amides is 1. The molecule has 0 saturated heterocycles. The summed E-state index contributed by atoms with van der Waals surface area (Å²) in [6.07, 6.45) is -3.83. The first-order chi connectivity index (χ1) is 18.0. The SMILES string of the molecule is CCOC(=O)c1sc(NC(=O)c2nn3c(c2Cl)N[C@@H](c2ccco2)C[C@H]3C(F)(F)F)c(C(=O)OCC)c1C. The predicted molar refractivity (Wildman–Crippen MR) is 131 cm³/mol. The quantitative estimate of drug-likeness (QED) is 0.341. The number of nitrogens with one attached hydrogen (secondary N) is 2. The minimum absolute atomic E-state index is 0.0250. The first-order valence-electron chi connectivity index (χ1n) is 11.4. The monoisotopic (exact) mass is 574 g/mol. The van der Waals surface area contributed by atoms with Gasteiger partial charge in [-0.1, -0.05) is 11.6 Å². The van der Waals surface area contributed by atoms with Crippen molar-refractivity contribution < 1.29 is 41.4 Å². The number of hydrogen-bond donors (Lipinski definition) is 2. The summed E-state index contributed by atoms with van der Waals surface area (Å²) in [5.41, 5.74) is -0.378. The number of rotatable bonds is 7. The normalized spacial score (nSPS) is 16.9. The Morgan fingerprint density at radius 1 is 1.26 bits per heavy atom. The van der Waals surface area contributed by atoms with Crippen molar-refractivity contribution in [3.8, 4) is 0 Å². The lowest BCUT2D eigenvalue weighted by Gasteiger charge is -2.32. The van der Waals surface area contributed by atoms with Crippen LogP contribution in [0.25, 0.3) is 0 Å². The molecule has 3 aromatic heterocycles. The van der Waals surface area contributed by atoms with Crippen LogP contribution in [0.3, 0.4) is 0 Å². The average molecular weight is 575 g/mol. The topological polar surface area (TPSA) is 125 Å². The smallest absolute Gasteiger partial charge is 0.410 e. The molecule has 38 heavy (non-hydrogen) atoms. The highest BCUT2D eigenvalue weighted by atomic mass is 35.5. The van der Waals surface area contributed by atoms with E-state index >= 15 is 0 Å². The lowest BCUT2D eigenvalue weighted by atomic mass is 10.0. The second kappa shape index (κ2) is 10.7. The van der Waals surface area contributed by atoms with E-state index in [0.717, 1.165) is 11.3 Å². The number of carbonyl (C=O) groups is 3. The summed E-state index contributed by atoms with van der Waals surface area (Å²) >= 11 is 7.12. The van der Waals surface area contributed by atoms with Crippen molar-refractivity contribution in [1.82, 2.24) is 9.78 Å². The van der Waals surface area contributed by atoms with Gasteiger partial charge in [-0.25, -0.2) is 14.3 Å². The number of furan rings is 1. The lowest BCUT2D eigenvalue weighted by Crippen LogP contribution is -2.35. The molecule has 204 valence electrons. The molecule has 0 aliphatic carbocycles. The average Bonchev–Trinajstić information content (AvgIpc) is 3.57. The van der Waals surface area contributed by atoms with E-state index < -0.39 is 48.2 Å². The molecule has 0 bridgehead atoms. The predicted octanol–water partition coefficient (Wildman–Crippen LogP) is 5.77. The Kier molecular flexibility index (Phi) is 7.74. The summed E-state index contributed by atoms with van der Waals surface area (Å²) in [4.78, 5) is 38.3. The van der Waals surface area contributed by atoms with Gasteiger partial charge in [-0.3, -0.25) is 4.79 Å². The molecule has 1 amide bonds. The van der Waals surface area contributed by atoms with Gasteiger partial charge in [0.15, 0.2) is 11.7 Å². The highest BCUT2D eigenvalue weighted by Gasteiger charge is 2.48. The van der Waals surface area contributed by atoms with E-state index in [4.69, 9.17) is 25.5 Å². The van der Waals surface area contributed by atoms with E-state index in [0.29, 0.717) is 4.68 Å². The van der Waals surface area contributed by atoms with Crippen LogP contribution in [-0.2, 0) is 9.47 Å². The number of carbonyl (C=O) groups excluding carboxylic acids is 3. The number of hydrogen-bond acceptors (Lipinski definition) is 9. The molecule has 0 radical (unpaired) electrons. The Balaban J connectivity index is 1.72. The fourth-order valence-electron chi connectivity index (χ4n) is 4.01. The van der Waals surface area contributed by atoms with Crippen LogP contribution < -0.4 is 10.6 Å². The molecule has 0 saturated carbocycles. The van der Waals surface area contributed by atoms with Crippen molar-refractivity contribution in [1.29, 1.82) is 0 Å². The van der Waals surface area contributed by atoms with Crippen LogP contribution in [-0.4, -0.2) is 47.0 Å². The van der Waals surface area contributed by atoms with E-state index in [1.54, 1.807) is 19.9 Å². The molecule has 0 spiro atoms. The summed E-state index contributed by atoms with van der Waals surface area (Å²) in [5, 5.41) is 8.76. The molecule has 4 heterocycles. The van der Waals surface area contributed by atoms with Crippen molar-refractivity contribution >= 4 is 51.6 Å². The third-order valence-corrected chi connectivity index (χ3v) is 7.26. The first kappa shape index (κ1) is 27.5.